The molecule has 4 rings (SSSR count). The fraction of sp³-hybridized carbons (Fsp3) is 0.316. The Bertz CT molecular complexity index is 1270. The number of hydrogen-bond donors (Lipinski definition) is 0. The van der Waals surface area contributed by atoms with Crippen molar-refractivity contribution < 1.29 is 30.8 Å². The molecule has 170 valence electrons. The van der Waals surface area contributed by atoms with E-state index in [1.807, 2.05) is 0 Å². The van der Waals surface area contributed by atoms with Crippen molar-refractivity contribution in [2.24, 2.45) is 0 Å². The number of amides is 1. The number of carbonyl (C=O) groups is 1. The third kappa shape index (κ3) is 3.93. The number of carbonyl (C=O) groups excluding carboxylic acids is 1. The van der Waals surface area contributed by atoms with Gasteiger partial charge in [-0.25, -0.2) is 22.3 Å². The molecule has 0 saturated carbocycles. The SMILES string of the molecule is CC1CN(S(=O)(=O)c2ccc(C(F)(F)F)cc2)CCN1C(=O)c1cnn2cc(F)cnc12. The molecule has 1 unspecified atom stereocenters. The van der Waals surface area contributed by atoms with E-state index in [-0.39, 0.29) is 35.7 Å². The van der Waals surface area contributed by atoms with E-state index >= 15 is 0 Å². The summed E-state index contributed by atoms with van der Waals surface area (Å²) in [7, 11) is -4.04. The lowest BCUT2D eigenvalue weighted by Gasteiger charge is -2.39. The van der Waals surface area contributed by atoms with Crippen molar-refractivity contribution in [2.45, 2.75) is 24.0 Å². The zero-order valence-electron chi connectivity index (χ0n) is 16.6. The first-order valence-electron chi connectivity index (χ1n) is 9.46. The molecule has 1 aromatic carbocycles. The number of rotatable bonds is 3. The number of piperazine rings is 1. The minimum atomic E-state index is -4.57. The second-order valence-corrected chi connectivity index (χ2v) is 9.27. The van der Waals surface area contributed by atoms with Gasteiger partial charge < -0.3 is 4.90 Å². The first-order chi connectivity index (χ1) is 15.0. The summed E-state index contributed by atoms with van der Waals surface area (Å²) in [5, 5.41) is 3.92. The summed E-state index contributed by atoms with van der Waals surface area (Å²) in [6.45, 7) is 1.63. The Morgan fingerprint density at radius 2 is 1.81 bits per heavy atom. The molecule has 3 heterocycles. The molecule has 1 saturated heterocycles. The molecule has 8 nitrogen and oxygen atoms in total. The fourth-order valence-electron chi connectivity index (χ4n) is 3.57. The van der Waals surface area contributed by atoms with Gasteiger partial charge >= 0.3 is 6.18 Å². The predicted octanol–water partition coefficient (Wildman–Crippen LogP) is 2.42. The standard InChI is InChI=1S/C19H17F4N5O3S/c1-12-10-26(32(30,31)15-4-2-13(3-5-15)19(21,22)23)6-7-27(12)18(29)16-9-25-28-11-14(20)8-24-17(16)28/h2-5,8-9,11-12H,6-7,10H2,1H3. The molecule has 1 aliphatic rings. The molecule has 0 spiro atoms. The molecule has 32 heavy (non-hydrogen) atoms. The van der Waals surface area contributed by atoms with Crippen LogP contribution in [-0.2, 0) is 16.2 Å². The van der Waals surface area contributed by atoms with Crippen LogP contribution in [0.25, 0.3) is 5.65 Å². The van der Waals surface area contributed by atoms with Crippen molar-refractivity contribution in [1.29, 1.82) is 0 Å². The fourth-order valence-corrected chi connectivity index (χ4v) is 5.08. The molecule has 3 aromatic rings. The van der Waals surface area contributed by atoms with Crippen LogP contribution in [0.1, 0.15) is 22.8 Å². The average Bonchev–Trinajstić information content (AvgIpc) is 3.15. The molecule has 0 bridgehead atoms. The van der Waals surface area contributed by atoms with E-state index in [9.17, 15) is 30.8 Å². The summed E-state index contributed by atoms with van der Waals surface area (Å²) in [6.07, 6.45) is -1.26. The minimum Gasteiger partial charge on any atom is -0.333 e. The van der Waals surface area contributed by atoms with E-state index in [1.54, 1.807) is 6.92 Å². The molecular weight excluding hydrogens is 454 g/mol. The van der Waals surface area contributed by atoms with Gasteiger partial charge in [0.15, 0.2) is 11.5 Å². The number of hydrogen-bond acceptors (Lipinski definition) is 5. The monoisotopic (exact) mass is 471 g/mol. The van der Waals surface area contributed by atoms with Crippen molar-refractivity contribution in [1.82, 2.24) is 23.8 Å². The zero-order chi connectivity index (χ0) is 23.3. The Morgan fingerprint density at radius 1 is 1.12 bits per heavy atom. The van der Waals surface area contributed by atoms with Gasteiger partial charge in [0.2, 0.25) is 10.0 Å². The van der Waals surface area contributed by atoms with E-state index < -0.39 is 39.5 Å². The summed E-state index contributed by atoms with van der Waals surface area (Å²) < 4.78 is 79.6. The summed E-state index contributed by atoms with van der Waals surface area (Å²) in [4.78, 5) is 18.1. The first kappa shape index (κ1) is 22.1. The van der Waals surface area contributed by atoms with Crippen LogP contribution in [0.15, 0.2) is 47.8 Å². The molecule has 1 amide bonds. The average molecular weight is 471 g/mol. The van der Waals surface area contributed by atoms with Gasteiger partial charge in [-0.1, -0.05) is 0 Å². The number of fused-ring (bicyclic) bond motifs is 1. The van der Waals surface area contributed by atoms with E-state index in [0.717, 1.165) is 45.5 Å². The van der Waals surface area contributed by atoms with Crippen LogP contribution in [0.2, 0.25) is 0 Å². The number of sulfonamides is 1. The Balaban J connectivity index is 1.51. The van der Waals surface area contributed by atoms with Crippen LogP contribution >= 0.6 is 0 Å². The lowest BCUT2D eigenvalue weighted by molar-refractivity contribution is -0.137. The molecule has 1 atom stereocenters. The molecule has 2 aromatic heterocycles. The van der Waals surface area contributed by atoms with Crippen LogP contribution in [0.4, 0.5) is 17.6 Å². The summed E-state index contributed by atoms with van der Waals surface area (Å²) in [5.74, 6) is -1.05. The third-order valence-electron chi connectivity index (χ3n) is 5.23. The number of halogens is 4. The molecule has 0 radical (unpaired) electrons. The summed E-state index contributed by atoms with van der Waals surface area (Å²) >= 11 is 0. The van der Waals surface area contributed by atoms with Crippen LogP contribution in [0.5, 0.6) is 0 Å². The maximum Gasteiger partial charge on any atom is 0.416 e. The molecule has 1 fully saturated rings. The molecular formula is C19H17F4N5O3S. The smallest absolute Gasteiger partial charge is 0.333 e. The van der Waals surface area contributed by atoms with Gasteiger partial charge in [-0.05, 0) is 31.2 Å². The Kier molecular flexibility index (Phi) is 5.41. The first-order valence-corrected chi connectivity index (χ1v) is 10.9. The number of alkyl halides is 3. The Morgan fingerprint density at radius 3 is 2.44 bits per heavy atom. The van der Waals surface area contributed by atoms with Gasteiger partial charge in [0.05, 0.1) is 29.0 Å². The lowest BCUT2D eigenvalue weighted by atomic mass is 10.2. The number of aromatic nitrogens is 3. The summed E-state index contributed by atoms with van der Waals surface area (Å²) in [5.41, 5.74) is -0.624. The largest absolute Gasteiger partial charge is 0.416 e. The highest BCUT2D eigenvalue weighted by molar-refractivity contribution is 7.89. The zero-order valence-corrected chi connectivity index (χ0v) is 17.4. The maximum absolute atomic E-state index is 13.3. The van der Waals surface area contributed by atoms with Gasteiger partial charge in [0.1, 0.15) is 5.56 Å². The van der Waals surface area contributed by atoms with E-state index in [0.29, 0.717) is 0 Å². The second-order valence-electron chi connectivity index (χ2n) is 7.33. The van der Waals surface area contributed by atoms with Crippen molar-refractivity contribution in [3.8, 4) is 0 Å². The topological polar surface area (TPSA) is 87.9 Å². The van der Waals surface area contributed by atoms with Gasteiger partial charge in [-0.3, -0.25) is 4.79 Å². The van der Waals surface area contributed by atoms with Gasteiger partial charge in [0, 0.05) is 25.7 Å². The van der Waals surface area contributed by atoms with E-state index in [1.165, 1.54) is 11.1 Å². The number of benzene rings is 1. The van der Waals surface area contributed by atoms with Crippen molar-refractivity contribution >= 4 is 21.6 Å². The van der Waals surface area contributed by atoms with Gasteiger partial charge in [-0.2, -0.15) is 22.6 Å². The molecule has 1 aliphatic heterocycles. The predicted molar refractivity (Wildman–Crippen MR) is 104 cm³/mol. The van der Waals surface area contributed by atoms with Crippen LogP contribution in [-0.4, -0.2) is 63.8 Å². The highest BCUT2D eigenvalue weighted by atomic mass is 32.2. The lowest BCUT2D eigenvalue weighted by Crippen LogP contribution is -2.55. The highest BCUT2D eigenvalue weighted by Gasteiger charge is 2.36. The Hall–Kier alpha value is -3.06. The van der Waals surface area contributed by atoms with Crippen LogP contribution in [0.3, 0.4) is 0 Å². The molecule has 0 aliphatic carbocycles. The van der Waals surface area contributed by atoms with Crippen LogP contribution < -0.4 is 0 Å². The van der Waals surface area contributed by atoms with Crippen LogP contribution in [0, 0.1) is 5.82 Å². The molecule has 13 heteroatoms. The maximum atomic E-state index is 13.3. The van der Waals surface area contributed by atoms with E-state index in [2.05, 4.69) is 10.1 Å². The van der Waals surface area contributed by atoms with Crippen molar-refractivity contribution in [2.75, 3.05) is 19.6 Å². The minimum absolute atomic E-state index is 0.0410. The van der Waals surface area contributed by atoms with Gasteiger partial charge in [0.25, 0.3) is 5.91 Å². The van der Waals surface area contributed by atoms with Crippen molar-refractivity contribution in [3.05, 3.63) is 59.8 Å². The normalized spacial score (nSPS) is 18.3. The van der Waals surface area contributed by atoms with Gasteiger partial charge in [-0.15, -0.1) is 0 Å². The Labute approximate surface area is 180 Å². The quantitative estimate of drug-likeness (QED) is 0.548. The highest BCUT2D eigenvalue weighted by Crippen LogP contribution is 2.30. The summed E-state index contributed by atoms with van der Waals surface area (Å²) in [6, 6.07) is 2.75. The second kappa shape index (κ2) is 7.81. The molecule has 0 N–H and O–H groups in total. The third-order valence-corrected chi connectivity index (χ3v) is 7.11. The van der Waals surface area contributed by atoms with E-state index in [4.69, 9.17) is 0 Å². The van der Waals surface area contributed by atoms with Crippen molar-refractivity contribution in [3.63, 3.8) is 0 Å². The number of nitrogens with zero attached hydrogens (tertiary/aromatic N) is 5.